The average Bonchev–Trinajstić information content (AvgIpc) is 3.17. The van der Waals surface area contributed by atoms with Crippen molar-refractivity contribution in [2.45, 2.75) is 49.0 Å². The zero-order valence-electron chi connectivity index (χ0n) is 22.2. The number of thioether (sulfide) groups is 1. The van der Waals surface area contributed by atoms with Gasteiger partial charge in [-0.15, -0.1) is 11.8 Å². The van der Waals surface area contributed by atoms with E-state index in [1.165, 1.54) is 16.7 Å². The molecule has 3 aliphatic rings. The molecular formula is C29H32N4O5S. The lowest BCUT2D eigenvalue weighted by Crippen LogP contribution is -2.70. The van der Waals surface area contributed by atoms with Gasteiger partial charge in [-0.2, -0.15) is 0 Å². The van der Waals surface area contributed by atoms with E-state index in [0.717, 1.165) is 23.2 Å². The highest BCUT2D eigenvalue weighted by atomic mass is 32.2. The largest absolute Gasteiger partial charge is 0.462 e. The molecule has 3 heterocycles. The van der Waals surface area contributed by atoms with Gasteiger partial charge < -0.3 is 25.2 Å². The Hall–Kier alpha value is -3.79. The highest BCUT2D eigenvalue weighted by Crippen LogP contribution is 2.51. The molecule has 0 radical (unpaired) electrons. The summed E-state index contributed by atoms with van der Waals surface area (Å²) in [6.07, 6.45) is 1.99. The van der Waals surface area contributed by atoms with E-state index in [-0.39, 0.29) is 42.7 Å². The fourth-order valence-electron chi connectivity index (χ4n) is 5.33. The van der Waals surface area contributed by atoms with Gasteiger partial charge in [0.1, 0.15) is 24.1 Å². The van der Waals surface area contributed by atoms with E-state index in [4.69, 9.17) is 4.74 Å². The van der Waals surface area contributed by atoms with Gasteiger partial charge in [0.15, 0.2) is 0 Å². The number of carbonyl (C=O) groups excluding carboxylic acids is 4. The third-order valence-electron chi connectivity index (χ3n) is 7.14. The maximum atomic E-state index is 13.1. The second-order valence-electron chi connectivity index (χ2n) is 10.5. The Morgan fingerprint density at radius 3 is 2.56 bits per heavy atom. The van der Waals surface area contributed by atoms with Crippen molar-refractivity contribution < 1.29 is 23.9 Å². The number of carbonyl (C=O) groups is 4. The maximum absolute atomic E-state index is 13.1. The molecule has 39 heavy (non-hydrogen) atoms. The number of β-lactam (4-membered cyclic amide) rings is 1. The van der Waals surface area contributed by atoms with Gasteiger partial charge in [0, 0.05) is 24.5 Å². The van der Waals surface area contributed by atoms with Crippen LogP contribution in [0.5, 0.6) is 0 Å². The first kappa shape index (κ1) is 26.8. The van der Waals surface area contributed by atoms with Crippen molar-refractivity contribution in [1.29, 1.82) is 0 Å². The lowest BCUT2D eigenvalue weighted by molar-refractivity contribution is -0.164. The first-order chi connectivity index (χ1) is 18.7. The summed E-state index contributed by atoms with van der Waals surface area (Å²) in [6.45, 7) is 4.64. The Bertz CT molecular complexity index is 1330. The van der Waals surface area contributed by atoms with Crippen LogP contribution in [0.15, 0.2) is 60.8 Å². The van der Waals surface area contributed by atoms with Gasteiger partial charge in [0.25, 0.3) is 5.91 Å². The minimum atomic E-state index is -0.778. The first-order valence-electron chi connectivity index (χ1n) is 12.9. The van der Waals surface area contributed by atoms with Crippen molar-refractivity contribution in [2.24, 2.45) is 0 Å². The van der Waals surface area contributed by atoms with E-state index in [1.54, 1.807) is 0 Å². The molecule has 2 aromatic rings. The molecule has 204 valence electrons. The number of ether oxygens (including phenoxy) is 1. The van der Waals surface area contributed by atoms with Crippen LogP contribution in [0.25, 0.3) is 5.57 Å². The molecule has 0 aliphatic carbocycles. The summed E-state index contributed by atoms with van der Waals surface area (Å²) < 4.78 is 4.91. The summed E-state index contributed by atoms with van der Waals surface area (Å²) in [7, 11) is 1.91. The summed E-state index contributed by atoms with van der Waals surface area (Å²) in [4.78, 5) is 54.9. The van der Waals surface area contributed by atoms with E-state index in [9.17, 15) is 19.2 Å². The molecule has 2 fully saturated rings. The Kier molecular flexibility index (Phi) is 7.40. The van der Waals surface area contributed by atoms with E-state index in [1.807, 2.05) is 86.6 Å². The zero-order chi connectivity index (χ0) is 27.7. The number of benzene rings is 2. The normalized spacial score (nSPS) is 22.7. The van der Waals surface area contributed by atoms with E-state index in [0.29, 0.717) is 5.57 Å². The van der Waals surface area contributed by atoms with Crippen LogP contribution in [0.2, 0.25) is 0 Å². The fourth-order valence-corrected chi connectivity index (χ4v) is 6.95. The molecule has 0 saturated carbocycles. The SMILES string of the molecule is CN1C=C(C(=O)NCCOC(=O)C2N3C(=O)[C@@H](NC(=O)Cc4ccccc4)[C@H]3SC2(C)C)c2ccccc2C1. The fraction of sp³-hybridized carbons (Fsp3) is 0.379. The third-order valence-corrected chi connectivity index (χ3v) is 8.71. The summed E-state index contributed by atoms with van der Waals surface area (Å²) in [5.74, 6) is -1.29. The molecule has 3 aliphatic heterocycles. The van der Waals surface area contributed by atoms with E-state index < -0.39 is 22.8 Å². The number of amides is 3. The van der Waals surface area contributed by atoms with Gasteiger partial charge >= 0.3 is 5.97 Å². The number of esters is 1. The lowest BCUT2D eigenvalue weighted by atomic mass is 9.96. The van der Waals surface area contributed by atoms with Crippen molar-refractivity contribution in [3.63, 3.8) is 0 Å². The Balaban J connectivity index is 1.13. The predicted molar refractivity (Wildman–Crippen MR) is 148 cm³/mol. The molecule has 3 atom stereocenters. The van der Waals surface area contributed by atoms with Crippen molar-refractivity contribution in [3.05, 3.63) is 77.5 Å². The number of hydrogen-bond donors (Lipinski definition) is 2. The molecule has 2 aromatic carbocycles. The van der Waals surface area contributed by atoms with Gasteiger partial charge in [-0.1, -0.05) is 54.6 Å². The monoisotopic (exact) mass is 548 g/mol. The zero-order valence-corrected chi connectivity index (χ0v) is 23.0. The molecule has 0 spiro atoms. The Morgan fingerprint density at radius 1 is 1.08 bits per heavy atom. The van der Waals surface area contributed by atoms with E-state index in [2.05, 4.69) is 10.6 Å². The smallest absolute Gasteiger partial charge is 0.330 e. The van der Waals surface area contributed by atoms with Crippen LogP contribution in [0, 0.1) is 0 Å². The van der Waals surface area contributed by atoms with Crippen LogP contribution in [0.3, 0.4) is 0 Å². The van der Waals surface area contributed by atoms with Gasteiger partial charge in [-0.25, -0.2) is 4.79 Å². The standard InChI is InChI=1S/C29H32N4O5S/c1-29(2)24(33-26(36)23(27(33)39-29)31-22(34)15-18-9-5-4-6-10-18)28(37)38-14-13-30-25(35)21-17-32(3)16-19-11-7-8-12-20(19)21/h4-12,17,23-24,27H,13-16H2,1-3H3,(H,30,35)(H,31,34)/t23-,24?,27-/m1/s1. The summed E-state index contributed by atoms with van der Waals surface area (Å²) in [5, 5.41) is 5.32. The van der Waals surface area contributed by atoms with Crippen LogP contribution >= 0.6 is 11.8 Å². The van der Waals surface area contributed by atoms with Gasteiger partial charge in [0.2, 0.25) is 11.8 Å². The molecule has 1 unspecified atom stereocenters. The van der Waals surface area contributed by atoms with Crippen LogP contribution < -0.4 is 10.6 Å². The van der Waals surface area contributed by atoms with Crippen LogP contribution in [0.4, 0.5) is 0 Å². The van der Waals surface area contributed by atoms with Crippen molar-refractivity contribution >= 4 is 41.0 Å². The number of fused-ring (bicyclic) bond motifs is 2. The summed E-state index contributed by atoms with van der Waals surface area (Å²) >= 11 is 1.48. The highest BCUT2D eigenvalue weighted by molar-refractivity contribution is 8.01. The molecule has 2 saturated heterocycles. The second kappa shape index (κ2) is 10.8. The Morgan fingerprint density at radius 2 is 1.79 bits per heavy atom. The minimum absolute atomic E-state index is 0.0173. The molecule has 3 amide bonds. The summed E-state index contributed by atoms with van der Waals surface area (Å²) in [6, 6.07) is 15.6. The maximum Gasteiger partial charge on any atom is 0.330 e. The first-order valence-corrected chi connectivity index (χ1v) is 13.8. The van der Waals surface area contributed by atoms with Crippen LogP contribution in [-0.2, 0) is 36.9 Å². The highest BCUT2D eigenvalue weighted by Gasteiger charge is 2.64. The Labute approximate surface area is 231 Å². The number of hydrogen-bond acceptors (Lipinski definition) is 7. The molecule has 0 aromatic heterocycles. The quantitative estimate of drug-likeness (QED) is 0.295. The van der Waals surface area contributed by atoms with Gasteiger partial charge in [0.05, 0.1) is 18.5 Å². The molecule has 0 bridgehead atoms. The van der Waals surface area contributed by atoms with E-state index >= 15 is 0 Å². The molecule has 2 N–H and O–H groups in total. The lowest BCUT2D eigenvalue weighted by Gasteiger charge is -2.44. The average molecular weight is 549 g/mol. The number of nitrogens with zero attached hydrogens (tertiary/aromatic N) is 2. The third kappa shape index (κ3) is 5.38. The second-order valence-corrected chi connectivity index (χ2v) is 12.3. The van der Waals surface area contributed by atoms with Gasteiger partial charge in [-0.3, -0.25) is 14.4 Å². The molecule has 10 heteroatoms. The van der Waals surface area contributed by atoms with Gasteiger partial charge in [-0.05, 0) is 30.5 Å². The molecular weight excluding hydrogens is 516 g/mol. The van der Waals surface area contributed by atoms with Crippen molar-refractivity contribution in [2.75, 3.05) is 20.2 Å². The van der Waals surface area contributed by atoms with Crippen LogP contribution in [0.1, 0.15) is 30.5 Å². The predicted octanol–water partition coefficient (Wildman–Crippen LogP) is 1.92. The molecule has 5 rings (SSSR count). The number of rotatable bonds is 8. The molecule has 9 nitrogen and oxygen atoms in total. The van der Waals surface area contributed by atoms with Crippen molar-refractivity contribution in [3.8, 4) is 0 Å². The van der Waals surface area contributed by atoms with Crippen molar-refractivity contribution in [1.82, 2.24) is 20.4 Å². The minimum Gasteiger partial charge on any atom is -0.462 e. The topological polar surface area (TPSA) is 108 Å². The van der Waals surface area contributed by atoms with Crippen LogP contribution in [-0.4, -0.2) is 75.9 Å². The number of nitrogens with one attached hydrogen (secondary N) is 2. The summed E-state index contributed by atoms with van der Waals surface area (Å²) in [5.41, 5.74) is 3.39.